The van der Waals surface area contributed by atoms with Crippen LogP contribution in [-0.4, -0.2) is 25.3 Å². The molecule has 0 atom stereocenters. The highest BCUT2D eigenvalue weighted by atomic mass is 32.1. The van der Waals surface area contributed by atoms with Crippen molar-refractivity contribution >= 4 is 39.4 Å². The van der Waals surface area contributed by atoms with Crippen LogP contribution in [0.5, 0.6) is 0 Å². The van der Waals surface area contributed by atoms with Crippen molar-refractivity contribution in [2.24, 2.45) is 7.05 Å². The third-order valence-corrected chi connectivity index (χ3v) is 7.66. The standard InChI is InChI=1S/C24H21N5O2S2/c1-13-9-10-32-21(13)23-25-19(12-33-23)18-11-14(2)29(15(18)3)27-22(30)20-16-7-5-6-8-17(16)24(31)28(4)26-20/h5-12H,1-4H3,(H,27,30). The number of fused-ring (bicyclic) bond motifs is 1. The molecule has 0 saturated heterocycles. The molecule has 9 heteroatoms. The van der Waals surface area contributed by atoms with Gasteiger partial charge in [0, 0.05) is 34.8 Å². The summed E-state index contributed by atoms with van der Waals surface area (Å²) >= 11 is 3.30. The zero-order valence-corrected chi connectivity index (χ0v) is 20.2. The lowest BCUT2D eigenvalue weighted by Gasteiger charge is -2.13. The molecule has 0 aliphatic rings. The normalized spacial score (nSPS) is 11.3. The molecule has 0 radical (unpaired) electrons. The molecule has 0 aliphatic carbocycles. The molecule has 0 fully saturated rings. The van der Waals surface area contributed by atoms with Gasteiger partial charge in [-0.1, -0.05) is 18.2 Å². The van der Waals surface area contributed by atoms with E-state index in [0.717, 1.165) is 27.7 Å². The minimum absolute atomic E-state index is 0.200. The predicted molar refractivity (Wildman–Crippen MR) is 134 cm³/mol. The van der Waals surface area contributed by atoms with Gasteiger partial charge >= 0.3 is 0 Å². The number of aromatic nitrogens is 4. The molecule has 5 aromatic rings. The van der Waals surface area contributed by atoms with E-state index < -0.39 is 0 Å². The van der Waals surface area contributed by atoms with Gasteiger partial charge in [-0.05, 0) is 49.9 Å². The second-order valence-electron chi connectivity index (χ2n) is 7.85. The Morgan fingerprint density at radius 2 is 1.82 bits per heavy atom. The molecule has 0 aliphatic heterocycles. The van der Waals surface area contributed by atoms with Crippen LogP contribution in [-0.2, 0) is 7.05 Å². The number of thiophene rings is 1. The van der Waals surface area contributed by atoms with Crippen LogP contribution >= 0.6 is 22.7 Å². The summed E-state index contributed by atoms with van der Waals surface area (Å²) in [4.78, 5) is 31.6. The topological polar surface area (TPSA) is 81.8 Å². The minimum Gasteiger partial charge on any atom is -0.267 e. The number of thiazole rings is 1. The van der Waals surface area contributed by atoms with E-state index in [4.69, 9.17) is 4.98 Å². The SMILES string of the molecule is Cc1ccsc1-c1nc(-c2cc(C)n(NC(=O)c3nn(C)c(=O)c4ccccc34)c2C)cs1. The van der Waals surface area contributed by atoms with Crippen LogP contribution in [0.1, 0.15) is 27.4 Å². The Hall–Kier alpha value is -3.56. The Kier molecular flexibility index (Phi) is 5.22. The number of carbonyl (C=O) groups excluding carboxylic acids is 1. The summed E-state index contributed by atoms with van der Waals surface area (Å²) in [5.41, 5.74) is 7.70. The Balaban J connectivity index is 1.51. The molecule has 0 saturated carbocycles. The molecular formula is C24H21N5O2S2. The highest BCUT2D eigenvalue weighted by Gasteiger charge is 2.20. The van der Waals surface area contributed by atoms with Crippen LogP contribution in [0.15, 0.2) is 52.0 Å². The van der Waals surface area contributed by atoms with Gasteiger partial charge in [-0.15, -0.1) is 22.7 Å². The Morgan fingerprint density at radius 3 is 2.55 bits per heavy atom. The number of rotatable bonds is 4. The van der Waals surface area contributed by atoms with Crippen molar-refractivity contribution in [2.45, 2.75) is 20.8 Å². The molecule has 1 aromatic carbocycles. The first-order chi connectivity index (χ1) is 15.8. The predicted octanol–water partition coefficient (Wildman–Crippen LogP) is 4.90. The number of aryl methyl sites for hydroxylation is 3. The van der Waals surface area contributed by atoms with Gasteiger partial charge in [-0.3, -0.25) is 19.7 Å². The number of benzene rings is 1. The molecule has 166 valence electrons. The number of hydrogen-bond donors (Lipinski definition) is 1. The van der Waals surface area contributed by atoms with Crippen molar-refractivity contribution < 1.29 is 4.79 Å². The van der Waals surface area contributed by atoms with Crippen molar-refractivity contribution in [2.75, 3.05) is 5.43 Å². The van der Waals surface area contributed by atoms with Gasteiger partial charge in [-0.25, -0.2) is 9.67 Å². The molecule has 5 rings (SSSR count). The Bertz CT molecular complexity index is 1590. The first-order valence-electron chi connectivity index (χ1n) is 10.3. The van der Waals surface area contributed by atoms with E-state index in [2.05, 4.69) is 28.9 Å². The van der Waals surface area contributed by atoms with Gasteiger partial charge in [0.15, 0.2) is 5.69 Å². The number of nitrogens with one attached hydrogen (secondary N) is 1. The highest BCUT2D eigenvalue weighted by molar-refractivity contribution is 7.20. The van der Waals surface area contributed by atoms with E-state index in [0.29, 0.717) is 10.8 Å². The van der Waals surface area contributed by atoms with Crippen LogP contribution < -0.4 is 11.0 Å². The van der Waals surface area contributed by atoms with Crippen molar-refractivity contribution in [1.29, 1.82) is 0 Å². The fourth-order valence-corrected chi connectivity index (χ4v) is 5.83. The molecule has 0 spiro atoms. The summed E-state index contributed by atoms with van der Waals surface area (Å²) in [5, 5.41) is 10.3. The maximum atomic E-state index is 13.2. The third-order valence-electron chi connectivity index (χ3n) is 5.65. The second kappa shape index (κ2) is 8.09. The number of amides is 1. The molecule has 0 bridgehead atoms. The van der Waals surface area contributed by atoms with Crippen molar-refractivity contribution in [3.8, 4) is 21.1 Å². The summed E-state index contributed by atoms with van der Waals surface area (Å²) < 4.78 is 2.94. The average molecular weight is 476 g/mol. The first kappa shape index (κ1) is 21.3. The van der Waals surface area contributed by atoms with E-state index >= 15 is 0 Å². The fraction of sp³-hybridized carbons (Fsp3) is 0.167. The van der Waals surface area contributed by atoms with Crippen LogP contribution in [0.3, 0.4) is 0 Å². The van der Waals surface area contributed by atoms with E-state index in [1.54, 1.807) is 58.7 Å². The van der Waals surface area contributed by atoms with E-state index in [1.165, 1.54) is 15.1 Å². The Morgan fingerprint density at radius 1 is 1.06 bits per heavy atom. The summed E-state index contributed by atoms with van der Waals surface area (Å²) in [7, 11) is 1.55. The van der Waals surface area contributed by atoms with E-state index in [-0.39, 0.29) is 17.2 Å². The van der Waals surface area contributed by atoms with Crippen LogP contribution in [0.2, 0.25) is 0 Å². The lowest BCUT2D eigenvalue weighted by atomic mass is 10.1. The summed E-state index contributed by atoms with van der Waals surface area (Å²) in [6, 6.07) is 11.1. The van der Waals surface area contributed by atoms with Crippen LogP contribution in [0, 0.1) is 20.8 Å². The largest absolute Gasteiger partial charge is 0.291 e. The summed E-state index contributed by atoms with van der Waals surface area (Å²) in [5.74, 6) is -0.386. The molecular weight excluding hydrogens is 454 g/mol. The fourth-order valence-electron chi connectivity index (χ4n) is 3.91. The van der Waals surface area contributed by atoms with E-state index in [1.807, 2.05) is 25.3 Å². The van der Waals surface area contributed by atoms with Crippen LogP contribution in [0.4, 0.5) is 0 Å². The molecule has 1 N–H and O–H groups in total. The molecule has 4 aromatic heterocycles. The molecule has 0 unspecified atom stereocenters. The van der Waals surface area contributed by atoms with Gasteiger partial charge in [0.25, 0.3) is 11.5 Å². The smallest absolute Gasteiger partial charge is 0.267 e. The maximum absolute atomic E-state index is 13.2. The van der Waals surface area contributed by atoms with Crippen LogP contribution in [0.25, 0.3) is 31.9 Å². The lowest BCUT2D eigenvalue weighted by molar-refractivity contribution is 0.100. The maximum Gasteiger partial charge on any atom is 0.291 e. The van der Waals surface area contributed by atoms with Gasteiger partial charge in [0.05, 0.1) is 16.0 Å². The van der Waals surface area contributed by atoms with Gasteiger partial charge in [0.1, 0.15) is 5.01 Å². The second-order valence-corrected chi connectivity index (χ2v) is 9.63. The number of nitrogens with zero attached hydrogens (tertiary/aromatic N) is 4. The van der Waals surface area contributed by atoms with Crippen molar-refractivity contribution in [3.63, 3.8) is 0 Å². The zero-order chi connectivity index (χ0) is 23.3. The highest BCUT2D eigenvalue weighted by Crippen LogP contribution is 2.35. The molecule has 7 nitrogen and oxygen atoms in total. The van der Waals surface area contributed by atoms with E-state index in [9.17, 15) is 9.59 Å². The molecule has 33 heavy (non-hydrogen) atoms. The summed E-state index contributed by atoms with van der Waals surface area (Å²) in [6.07, 6.45) is 0. The average Bonchev–Trinajstić information content (AvgIpc) is 3.51. The molecule has 1 amide bonds. The summed E-state index contributed by atoms with van der Waals surface area (Å²) in [6.45, 7) is 5.97. The van der Waals surface area contributed by atoms with Crippen molar-refractivity contribution in [1.82, 2.24) is 19.4 Å². The van der Waals surface area contributed by atoms with Gasteiger partial charge in [-0.2, -0.15) is 5.10 Å². The number of carbonyl (C=O) groups is 1. The third kappa shape index (κ3) is 3.59. The first-order valence-corrected chi connectivity index (χ1v) is 12.1. The van der Waals surface area contributed by atoms with Gasteiger partial charge < -0.3 is 0 Å². The monoisotopic (exact) mass is 475 g/mol. The molecule has 4 heterocycles. The number of hydrogen-bond acceptors (Lipinski definition) is 6. The van der Waals surface area contributed by atoms with Crippen molar-refractivity contribution in [3.05, 3.63) is 80.2 Å². The van der Waals surface area contributed by atoms with Gasteiger partial charge in [0.2, 0.25) is 0 Å². The quantitative estimate of drug-likeness (QED) is 0.401. The minimum atomic E-state index is -0.386. The zero-order valence-electron chi connectivity index (χ0n) is 18.5. The Labute approximate surface area is 197 Å². The lowest BCUT2D eigenvalue weighted by Crippen LogP contribution is -2.29.